The lowest BCUT2D eigenvalue weighted by Crippen LogP contribution is -2.35. The fraction of sp³-hybridized carbons (Fsp3) is 0.286. The van der Waals surface area contributed by atoms with Crippen LogP contribution in [0.25, 0.3) is 0 Å². The van der Waals surface area contributed by atoms with Crippen molar-refractivity contribution in [3.8, 4) is 0 Å². The van der Waals surface area contributed by atoms with E-state index in [0.717, 1.165) is 4.47 Å². The summed E-state index contributed by atoms with van der Waals surface area (Å²) in [6.45, 7) is 3.31. The molecule has 1 aromatic carbocycles. The molecule has 0 unspecified atom stereocenters. The third-order valence-electron chi connectivity index (χ3n) is 3.03. The average molecular weight is 402 g/mol. The molecule has 0 radical (unpaired) electrons. The van der Waals surface area contributed by atoms with Gasteiger partial charge in [-0.25, -0.2) is 13.1 Å². The maximum absolute atomic E-state index is 12.2. The highest BCUT2D eigenvalue weighted by Gasteiger charge is 2.23. The summed E-state index contributed by atoms with van der Waals surface area (Å²) in [6, 6.07) is 6.92. The second-order valence-electron chi connectivity index (χ2n) is 4.82. The molecular weight excluding hydrogens is 386 g/mol. The summed E-state index contributed by atoms with van der Waals surface area (Å²) >= 11 is 3.29. The van der Waals surface area contributed by atoms with Gasteiger partial charge in [0.2, 0.25) is 10.0 Å². The van der Waals surface area contributed by atoms with Crippen LogP contribution < -0.4 is 10.0 Å². The lowest BCUT2D eigenvalue weighted by molar-refractivity contribution is 0.0954. The van der Waals surface area contributed by atoms with Crippen LogP contribution in [0.15, 0.2) is 38.2 Å². The highest BCUT2D eigenvalue weighted by atomic mass is 79.9. The van der Waals surface area contributed by atoms with Crippen molar-refractivity contribution >= 4 is 31.9 Å². The second-order valence-corrected chi connectivity index (χ2v) is 7.44. The van der Waals surface area contributed by atoms with Gasteiger partial charge in [-0.3, -0.25) is 4.79 Å². The number of aromatic nitrogens is 1. The molecule has 1 amide bonds. The van der Waals surface area contributed by atoms with E-state index in [1.807, 2.05) is 6.07 Å². The second kappa shape index (κ2) is 7.24. The van der Waals surface area contributed by atoms with E-state index in [-0.39, 0.29) is 29.7 Å². The van der Waals surface area contributed by atoms with E-state index >= 15 is 0 Å². The van der Waals surface area contributed by atoms with Crippen LogP contribution in [0, 0.1) is 13.8 Å². The molecular formula is C14H16BrN3O4S. The Kier molecular flexibility index (Phi) is 5.55. The zero-order valence-electron chi connectivity index (χ0n) is 12.6. The minimum Gasteiger partial charge on any atom is -0.360 e. The number of halogens is 1. The molecule has 0 bridgehead atoms. The lowest BCUT2D eigenvalue weighted by atomic mass is 10.2. The number of hydrogen-bond acceptors (Lipinski definition) is 5. The number of carbonyl (C=O) groups is 1. The highest BCUT2D eigenvalue weighted by molar-refractivity contribution is 9.10. The molecule has 2 N–H and O–H groups in total. The van der Waals surface area contributed by atoms with Crippen LogP contribution in [0.3, 0.4) is 0 Å². The SMILES string of the molecule is Cc1noc(C)c1S(=O)(=O)NCCNC(=O)c1cccc(Br)c1. The Labute approximate surface area is 142 Å². The van der Waals surface area contributed by atoms with Crippen molar-refractivity contribution in [2.75, 3.05) is 13.1 Å². The first-order chi connectivity index (χ1) is 10.8. The molecule has 9 heteroatoms. The molecule has 0 aliphatic heterocycles. The summed E-state index contributed by atoms with van der Waals surface area (Å²) in [5.74, 6) is -0.0454. The van der Waals surface area contributed by atoms with E-state index in [1.54, 1.807) is 25.1 Å². The van der Waals surface area contributed by atoms with E-state index in [0.29, 0.717) is 11.3 Å². The van der Waals surface area contributed by atoms with Crippen LogP contribution in [-0.2, 0) is 10.0 Å². The van der Waals surface area contributed by atoms with E-state index in [4.69, 9.17) is 4.52 Å². The minimum absolute atomic E-state index is 0.0378. The first-order valence-corrected chi connectivity index (χ1v) is 9.05. The van der Waals surface area contributed by atoms with E-state index in [9.17, 15) is 13.2 Å². The predicted octanol–water partition coefficient (Wildman–Crippen LogP) is 1.76. The molecule has 124 valence electrons. The van der Waals surface area contributed by atoms with Crippen LogP contribution in [-0.4, -0.2) is 32.6 Å². The molecule has 1 aromatic heterocycles. The van der Waals surface area contributed by atoms with Crippen molar-refractivity contribution in [3.63, 3.8) is 0 Å². The topological polar surface area (TPSA) is 101 Å². The van der Waals surface area contributed by atoms with Crippen molar-refractivity contribution in [1.29, 1.82) is 0 Å². The van der Waals surface area contributed by atoms with Crippen molar-refractivity contribution in [2.24, 2.45) is 0 Å². The van der Waals surface area contributed by atoms with Gasteiger partial charge < -0.3 is 9.84 Å². The van der Waals surface area contributed by atoms with Crippen LogP contribution in [0.5, 0.6) is 0 Å². The molecule has 1 heterocycles. The van der Waals surface area contributed by atoms with Gasteiger partial charge in [0, 0.05) is 23.1 Å². The monoisotopic (exact) mass is 401 g/mol. The summed E-state index contributed by atoms with van der Waals surface area (Å²) in [5, 5.41) is 6.27. The van der Waals surface area contributed by atoms with E-state index in [2.05, 4.69) is 31.1 Å². The molecule has 23 heavy (non-hydrogen) atoms. The zero-order valence-corrected chi connectivity index (χ0v) is 15.0. The van der Waals surface area contributed by atoms with Gasteiger partial charge in [-0.15, -0.1) is 0 Å². The summed E-state index contributed by atoms with van der Waals surface area (Å²) in [5.41, 5.74) is 0.793. The number of amides is 1. The van der Waals surface area contributed by atoms with Crippen molar-refractivity contribution in [1.82, 2.24) is 15.2 Å². The number of rotatable bonds is 6. The van der Waals surface area contributed by atoms with Crippen molar-refractivity contribution in [3.05, 3.63) is 45.8 Å². The Morgan fingerprint density at radius 1 is 1.30 bits per heavy atom. The Balaban J connectivity index is 1.89. The van der Waals surface area contributed by atoms with Crippen molar-refractivity contribution < 1.29 is 17.7 Å². The van der Waals surface area contributed by atoms with Gasteiger partial charge >= 0.3 is 0 Å². The predicted molar refractivity (Wildman–Crippen MR) is 87.6 cm³/mol. The fourth-order valence-electron chi connectivity index (χ4n) is 2.02. The largest absolute Gasteiger partial charge is 0.360 e. The van der Waals surface area contributed by atoms with Crippen LogP contribution >= 0.6 is 15.9 Å². The molecule has 2 rings (SSSR count). The maximum atomic E-state index is 12.2. The average Bonchev–Trinajstić information content (AvgIpc) is 2.83. The normalized spacial score (nSPS) is 11.4. The molecule has 0 aliphatic rings. The fourth-order valence-corrected chi connectivity index (χ4v) is 3.78. The summed E-state index contributed by atoms with van der Waals surface area (Å²) in [7, 11) is -3.71. The molecule has 0 saturated heterocycles. The van der Waals surface area contributed by atoms with Gasteiger partial charge in [0.1, 0.15) is 10.6 Å². The number of aryl methyl sites for hydroxylation is 2. The van der Waals surface area contributed by atoms with Gasteiger partial charge in [-0.2, -0.15) is 0 Å². The third kappa shape index (κ3) is 4.40. The standard InChI is InChI=1S/C14H16BrN3O4S/c1-9-13(10(2)22-18-9)23(20,21)17-7-6-16-14(19)11-4-3-5-12(15)8-11/h3-5,8,17H,6-7H2,1-2H3,(H,16,19). The van der Waals surface area contributed by atoms with Crippen molar-refractivity contribution in [2.45, 2.75) is 18.7 Å². The molecule has 0 atom stereocenters. The van der Waals surface area contributed by atoms with Gasteiger partial charge in [-0.1, -0.05) is 27.2 Å². The Bertz CT molecular complexity index is 798. The first kappa shape index (κ1) is 17.6. The van der Waals surface area contributed by atoms with E-state index < -0.39 is 10.0 Å². The Morgan fingerprint density at radius 3 is 2.65 bits per heavy atom. The number of carbonyl (C=O) groups excluding carboxylic acids is 1. The zero-order chi connectivity index (χ0) is 17.0. The molecule has 7 nitrogen and oxygen atoms in total. The summed E-state index contributed by atoms with van der Waals surface area (Å²) < 4.78 is 32.4. The van der Waals surface area contributed by atoms with Crippen LogP contribution in [0.2, 0.25) is 0 Å². The first-order valence-electron chi connectivity index (χ1n) is 6.77. The van der Waals surface area contributed by atoms with Gasteiger partial charge in [0.15, 0.2) is 5.76 Å². The van der Waals surface area contributed by atoms with E-state index in [1.165, 1.54) is 6.92 Å². The van der Waals surface area contributed by atoms with Crippen LogP contribution in [0.4, 0.5) is 0 Å². The maximum Gasteiger partial charge on any atom is 0.251 e. The lowest BCUT2D eigenvalue weighted by Gasteiger charge is -2.08. The minimum atomic E-state index is -3.71. The molecule has 0 saturated carbocycles. The molecule has 0 aliphatic carbocycles. The molecule has 2 aromatic rings. The Hall–Kier alpha value is -1.71. The Morgan fingerprint density at radius 2 is 2.04 bits per heavy atom. The van der Waals surface area contributed by atoms with Gasteiger partial charge in [0.05, 0.1) is 0 Å². The number of hydrogen-bond donors (Lipinski definition) is 2. The number of nitrogens with one attached hydrogen (secondary N) is 2. The highest BCUT2D eigenvalue weighted by Crippen LogP contribution is 2.18. The molecule has 0 spiro atoms. The van der Waals surface area contributed by atoms with Gasteiger partial charge in [-0.05, 0) is 32.0 Å². The van der Waals surface area contributed by atoms with Crippen LogP contribution in [0.1, 0.15) is 21.8 Å². The quantitative estimate of drug-likeness (QED) is 0.718. The number of sulfonamides is 1. The number of nitrogens with zero attached hydrogens (tertiary/aromatic N) is 1. The number of benzene rings is 1. The third-order valence-corrected chi connectivity index (χ3v) is 5.22. The summed E-state index contributed by atoms with van der Waals surface area (Å²) in [6.07, 6.45) is 0. The molecule has 0 fully saturated rings. The summed E-state index contributed by atoms with van der Waals surface area (Å²) in [4.78, 5) is 12.0. The van der Waals surface area contributed by atoms with Gasteiger partial charge in [0.25, 0.3) is 5.91 Å². The smallest absolute Gasteiger partial charge is 0.251 e.